The van der Waals surface area contributed by atoms with Gasteiger partial charge in [-0.05, 0) is 24.3 Å². The lowest BCUT2D eigenvalue weighted by Crippen LogP contribution is -2.07. The summed E-state index contributed by atoms with van der Waals surface area (Å²) in [5.41, 5.74) is 0.770. The minimum atomic E-state index is -0.789. The molecule has 1 aromatic heterocycles. The van der Waals surface area contributed by atoms with Crippen LogP contribution in [0.4, 0.5) is 31.9 Å². The third kappa shape index (κ3) is 3.89. The molecule has 0 aliphatic rings. The maximum absolute atomic E-state index is 13.7. The van der Waals surface area contributed by atoms with Crippen LogP contribution in [0, 0.1) is 11.6 Å². The van der Waals surface area contributed by atoms with Gasteiger partial charge in [0.1, 0.15) is 11.6 Å². The van der Waals surface area contributed by atoms with Crippen LogP contribution in [0.1, 0.15) is 10.4 Å². The summed E-state index contributed by atoms with van der Waals surface area (Å²) in [4.78, 5) is 15.9. The van der Waals surface area contributed by atoms with E-state index >= 15 is 0 Å². The van der Waals surface area contributed by atoms with Crippen LogP contribution in [0.25, 0.3) is 0 Å². The summed E-state index contributed by atoms with van der Waals surface area (Å²) >= 11 is 0. The molecule has 0 aliphatic carbocycles. The number of ether oxygens (including phenoxy) is 1. The number of nitrogens with one attached hydrogen (secondary N) is 2. The van der Waals surface area contributed by atoms with Gasteiger partial charge in [-0.1, -0.05) is 12.1 Å². The maximum atomic E-state index is 13.7. The standard InChI is InChI=1S/C17H13F2N5O2/c1-26-16(25)11-4-2-3-5-13(11)21-15-9-20-24-17(23-15)22-14-7-6-10(18)8-12(14)19/h2-9H,1H3,(H2,21,22,23,24). The summed E-state index contributed by atoms with van der Waals surface area (Å²) in [6.07, 6.45) is 1.33. The minimum Gasteiger partial charge on any atom is -0.465 e. The van der Waals surface area contributed by atoms with Gasteiger partial charge in [0.15, 0.2) is 5.82 Å². The van der Waals surface area contributed by atoms with Crippen LogP contribution in [0.2, 0.25) is 0 Å². The van der Waals surface area contributed by atoms with E-state index in [-0.39, 0.29) is 17.5 Å². The number of methoxy groups -OCH3 is 1. The Bertz CT molecular complexity index is 952. The molecule has 0 spiro atoms. The number of hydrogen-bond donors (Lipinski definition) is 2. The number of anilines is 4. The molecule has 0 saturated carbocycles. The Morgan fingerprint density at radius 1 is 1.08 bits per heavy atom. The van der Waals surface area contributed by atoms with Crippen LogP contribution in [-0.4, -0.2) is 28.3 Å². The van der Waals surface area contributed by atoms with E-state index in [0.717, 1.165) is 12.1 Å². The van der Waals surface area contributed by atoms with Crippen LogP contribution < -0.4 is 10.6 Å². The summed E-state index contributed by atoms with van der Waals surface area (Å²) < 4.78 is 31.4. The molecular weight excluding hydrogens is 344 g/mol. The molecule has 0 bridgehead atoms. The third-order valence-corrected chi connectivity index (χ3v) is 3.33. The Hall–Kier alpha value is -3.62. The van der Waals surface area contributed by atoms with Gasteiger partial charge in [-0.3, -0.25) is 0 Å². The van der Waals surface area contributed by atoms with Crippen molar-refractivity contribution in [2.75, 3.05) is 17.7 Å². The van der Waals surface area contributed by atoms with E-state index in [1.807, 2.05) is 0 Å². The third-order valence-electron chi connectivity index (χ3n) is 3.33. The van der Waals surface area contributed by atoms with E-state index in [1.165, 1.54) is 19.4 Å². The SMILES string of the molecule is COC(=O)c1ccccc1Nc1cnnc(Nc2ccc(F)cc2F)n1. The summed E-state index contributed by atoms with van der Waals surface area (Å²) in [5, 5.41) is 13.1. The quantitative estimate of drug-likeness (QED) is 0.676. The van der Waals surface area contributed by atoms with Gasteiger partial charge in [-0.2, -0.15) is 10.1 Å². The second-order valence-corrected chi connectivity index (χ2v) is 5.08. The number of aromatic nitrogens is 3. The number of para-hydroxylation sites is 1. The lowest BCUT2D eigenvalue weighted by atomic mass is 10.2. The molecular formula is C17H13F2N5O2. The van der Waals surface area contributed by atoms with Gasteiger partial charge in [-0.15, -0.1) is 5.10 Å². The first-order valence-electron chi connectivity index (χ1n) is 7.43. The molecule has 2 N–H and O–H groups in total. The number of esters is 1. The number of benzene rings is 2. The van der Waals surface area contributed by atoms with E-state index in [2.05, 4.69) is 25.8 Å². The van der Waals surface area contributed by atoms with E-state index in [1.54, 1.807) is 24.3 Å². The summed E-state index contributed by atoms with van der Waals surface area (Å²) in [7, 11) is 1.28. The predicted molar refractivity (Wildman–Crippen MR) is 90.5 cm³/mol. The molecule has 3 aromatic rings. The molecule has 9 heteroatoms. The van der Waals surface area contributed by atoms with Gasteiger partial charge < -0.3 is 15.4 Å². The zero-order valence-corrected chi connectivity index (χ0v) is 13.5. The van der Waals surface area contributed by atoms with E-state index in [4.69, 9.17) is 4.74 Å². The van der Waals surface area contributed by atoms with Crippen molar-refractivity contribution in [1.29, 1.82) is 0 Å². The zero-order valence-electron chi connectivity index (χ0n) is 13.5. The highest BCUT2D eigenvalue weighted by molar-refractivity contribution is 5.96. The smallest absolute Gasteiger partial charge is 0.339 e. The number of rotatable bonds is 5. The van der Waals surface area contributed by atoms with E-state index in [0.29, 0.717) is 11.3 Å². The average molecular weight is 357 g/mol. The Balaban J connectivity index is 1.83. The lowest BCUT2D eigenvalue weighted by Gasteiger charge is -2.11. The molecule has 7 nitrogen and oxygen atoms in total. The molecule has 0 fully saturated rings. The number of carbonyl (C=O) groups excluding carboxylic acids is 1. The largest absolute Gasteiger partial charge is 0.465 e. The molecule has 1 heterocycles. The first-order valence-corrected chi connectivity index (χ1v) is 7.43. The Labute approximate surface area is 147 Å². The van der Waals surface area contributed by atoms with Crippen molar-refractivity contribution in [1.82, 2.24) is 15.2 Å². The fourth-order valence-corrected chi connectivity index (χ4v) is 2.15. The molecule has 0 atom stereocenters. The topological polar surface area (TPSA) is 89.0 Å². The number of carbonyl (C=O) groups is 1. The normalized spacial score (nSPS) is 10.3. The highest BCUT2D eigenvalue weighted by atomic mass is 19.1. The number of hydrogen-bond acceptors (Lipinski definition) is 7. The van der Waals surface area contributed by atoms with E-state index in [9.17, 15) is 13.6 Å². The van der Waals surface area contributed by atoms with Crippen molar-refractivity contribution < 1.29 is 18.3 Å². The number of halogens is 2. The molecule has 26 heavy (non-hydrogen) atoms. The van der Waals surface area contributed by atoms with Crippen LogP contribution in [0.15, 0.2) is 48.7 Å². The molecule has 0 radical (unpaired) electrons. The van der Waals surface area contributed by atoms with Crippen molar-refractivity contribution in [2.24, 2.45) is 0 Å². The summed E-state index contributed by atoms with van der Waals surface area (Å²) in [5.74, 6) is -1.73. The highest BCUT2D eigenvalue weighted by Gasteiger charge is 2.12. The van der Waals surface area contributed by atoms with Crippen molar-refractivity contribution >= 4 is 29.1 Å². The summed E-state index contributed by atoms with van der Waals surface area (Å²) in [6.45, 7) is 0. The molecule has 132 valence electrons. The molecule has 0 unspecified atom stereocenters. The Kier molecular flexibility index (Phi) is 4.97. The molecule has 0 aliphatic heterocycles. The zero-order chi connectivity index (χ0) is 18.5. The van der Waals surface area contributed by atoms with Gasteiger partial charge in [-0.25, -0.2) is 13.6 Å². The first kappa shape index (κ1) is 17.2. The predicted octanol–water partition coefficient (Wildman–Crippen LogP) is 3.42. The average Bonchev–Trinajstić information content (AvgIpc) is 2.64. The van der Waals surface area contributed by atoms with Crippen molar-refractivity contribution in [3.63, 3.8) is 0 Å². The van der Waals surface area contributed by atoms with Gasteiger partial charge in [0.05, 0.1) is 30.2 Å². The second kappa shape index (κ2) is 7.51. The molecule has 0 amide bonds. The fraction of sp³-hybridized carbons (Fsp3) is 0.0588. The number of nitrogens with zero attached hydrogens (tertiary/aromatic N) is 3. The van der Waals surface area contributed by atoms with Gasteiger partial charge in [0, 0.05) is 6.07 Å². The van der Waals surface area contributed by atoms with E-state index < -0.39 is 17.6 Å². The van der Waals surface area contributed by atoms with Gasteiger partial charge in [0.2, 0.25) is 5.95 Å². The van der Waals surface area contributed by atoms with Crippen molar-refractivity contribution in [2.45, 2.75) is 0 Å². The van der Waals surface area contributed by atoms with Crippen molar-refractivity contribution in [3.05, 3.63) is 65.9 Å². The Morgan fingerprint density at radius 2 is 1.88 bits per heavy atom. The highest BCUT2D eigenvalue weighted by Crippen LogP contribution is 2.22. The van der Waals surface area contributed by atoms with Crippen LogP contribution >= 0.6 is 0 Å². The van der Waals surface area contributed by atoms with Crippen LogP contribution in [0.5, 0.6) is 0 Å². The molecule has 0 saturated heterocycles. The van der Waals surface area contributed by atoms with Crippen LogP contribution in [0.3, 0.4) is 0 Å². The lowest BCUT2D eigenvalue weighted by molar-refractivity contribution is 0.0602. The first-order chi connectivity index (χ1) is 12.6. The second-order valence-electron chi connectivity index (χ2n) is 5.08. The monoisotopic (exact) mass is 357 g/mol. The summed E-state index contributed by atoms with van der Waals surface area (Å²) in [6, 6.07) is 9.76. The Morgan fingerprint density at radius 3 is 2.65 bits per heavy atom. The van der Waals surface area contributed by atoms with Crippen molar-refractivity contribution in [3.8, 4) is 0 Å². The fourth-order valence-electron chi connectivity index (χ4n) is 2.15. The van der Waals surface area contributed by atoms with Crippen LogP contribution in [-0.2, 0) is 4.74 Å². The maximum Gasteiger partial charge on any atom is 0.339 e. The molecule has 3 rings (SSSR count). The molecule has 2 aromatic carbocycles. The van der Waals surface area contributed by atoms with Gasteiger partial charge in [0.25, 0.3) is 0 Å². The van der Waals surface area contributed by atoms with Gasteiger partial charge >= 0.3 is 5.97 Å². The minimum absolute atomic E-state index is 0.000288.